The van der Waals surface area contributed by atoms with Gasteiger partial charge in [0.15, 0.2) is 9.84 Å². The van der Waals surface area contributed by atoms with Crippen molar-refractivity contribution in [2.24, 2.45) is 5.73 Å². The van der Waals surface area contributed by atoms with Crippen molar-refractivity contribution >= 4 is 48.8 Å². The highest BCUT2D eigenvalue weighted by Crippen LogP contribution is 2.43. The quantitative estimate of drug-likeness (QED) is 0.246. The van der Waals surface area contributed by atoms with Crippen molar-refractivity contribution in [2.45, 2.75) is 25.0 Å². The smallest absolute Gasteiger partial charge is 0.457 e. The second-order valence-electron chi connectivity index (χ2n) is 8.96. The number of nitrogens with two attached hydrogens (primary N) is 1. The molecule has 0 radical (unpaired) electrons. The van der Waals surface area contributed by atoms with Gasteiger partial charge in [-0.2, -0.15) is 0 Å². The summed E-state index contributed by atoms with van der Waals surface area (Å²) in [6.45, 7) is 3.20. The minimum absolute atomic E-state index is 0.218. The van der Waals surface area contributed by atoms with E-state index >= 15 is 0 Å². The predicted octanol–water partition coefficient (Wildman–Crippen LogP) is 7.29. The fourth-order valence-electron chi connectivity index (χ4n) is 3.76. The van der Waals surface area contributed by atoms with E-state index in [1.165, 1.54) is 18.2 Å². The van der Waals surface area contributed by atoms with E-state index in [4.69, 9.17) is 22.1 Å². The topological polar surface area (TPSA) is 95.7 Å². The summed E-state index contributed by atoms with van der Waals surface area (Å²) in [6.07, 6.45) is -3.66. The number of carbonyl (C=O) groups is 1. The van der Waals surface area contributed by atoms with Crippen LogP contribution in [-0.2, 0) is 14.6 Å². The summed E-state index contributed by atoms with van der Waals surface area (Å²) >= 11 is 7.52. The second-order valence-corrected chi connectivity index (χ2v) is 13.0. The first-order chi connectivity index (χ1) is 17.5. The summed E-state index contributed by atoms with van der Waals surface area (Å²) in [7, 11) is -3.47. The Morgan fingerprint density at radius 3 is 2.16 bits per heavy atom. The fourth-order valence-corrected chi connectivity index (χ4v) is 5.60. The number of amides is 1. The molecule has 0 aliphatic heterocycles. The molecule has 1 aromatic heterocycles. The van der Waals surface area contributed by atoms with Crippen LogP contribution >= 0.6 is 22.9 Å². The van der Waals surface area contributed by atoms with E-state index < -0.39 is 32.6 Å². The number of rotatable bonds is 7. The van der Waals surface area contributed by atoms with Crippen molar-refractivity contribution in [1.29, 1.82) is 0 Å². The number of sulfone groups is 1. The zero-order chi connectivity index (χ0) is 28.0. The van der Waals surface area contributed by atoms with Gasteiger partial charge in [-0.05, 0) is 79.6 Å². The zero-order valence-electron chi connectivity index (χ0n) is 20.2. The number of alkyl halides is 3. The molecule has 6 nitrogen and oxygen atoms in total. The number of fused-ring (bicyclic) bond motifs is 1. The molecular formula is C26H21ClF3NO5S2. The van der Waals surface area contributed by atoms with Gasteiger partial charge in [-0.15, -0.1) is 24.5 Å². The Bertz CT molecular complexity index is 1650. The number of primary amides is 1. The minimum atomic E-state index is -4.82. The molecule has 1 amide bonds. The Morgan fingerprint density at radius 2 is 1.58 bits per heavy atom. The van der Waals surface area contributed by atoms with E-state index in [9.17, 15) is 26.4 Å². The number of ether oxygens (including phenoxy) is 2. The first kappa shape index (κ1) is 27.7. The van der Waals surface area contributed by atoms with Crippen LogP contribution < -0.4 is 15.2 Å². The van der Waals surface area contributed by atoms with Gasteiger partial charge in [0.2, 0.25) is 0 Å². The monoisotopic (exact) mass is 583 g/mol. The molecule has 0 spiro atoms. The SMILES string of the molecule is CC(C)(c1ccc2sc(C(N)=O)c(-c3cc(Cl)cc(Oc4ccc(OC(F)(F)F)cc4)c3)c2c1)S(C)(=O)=O. The van der Waals surface area contributed by atoms with Crippen LogP contribution in [0.25, 0.3) is 21.2 Å². The van der Waals surface area contributed by atoms with E-state index in [1.54, 1.807) is 44.2 Å². The first-order valence-corrected chi connectivity index (χ1v) is 14.0. The Morgan fingerprint density at radius 1 is 0.947 bits per heavy atom. The summed E-state index contributed by atoms with van der Waals surface area (Å²) in [5, 5.41) is 0.872. The summed E-state index contributed by atoms with van der Waals surface area (Å²) < 4.78 is 71.4. The lowest BCUT2D eigenvalue weighted by atomic mass is 9.96. The van der Waals surface area contributed by atoms with Crippen LogP contribution in [0.2, 0.25) is 5.02 Å². The van der Waals surface area contributed by atoms with E-state index in [-0.39, 0.29) is 21.4 Å². The van der Waals surface area contributed by atoms with Crippen molar-refractivity contribution in [1.82, 2.24) is 0 Å². The third-order valence-corrected chi connectivity index (χ3v) is 9.48. The molecule has 38 heavy (non-hydrogen) atoms. The maximum atomic E-state index is 12.4. The van der Waals surface area contributed by atoms with Crippen LogP contribution in [0, 0.1) is 0 Å². The van der Waals surface area contributed by atoms with Crippen LogP contribution in [-0.4, -0.2) is 26.9 Å². The van der Waals surface area contributed by atoms with Crippen LogP contribution in [0.1, 0.15) is 29.1 Å². The molecule has 0 aliphatic carbocycles. The van der Waals surface area contributed by atoms with Gasteiger partial charge in [-0.3, -0.25) is 4.79 Å². The second kappa shape index (κ2) is 9.79. The molecule has 0 saturated heterocycles. The zero-order valence-corrected chi connectivity index (χ0v) is 22.6. The van der Waals surface area contributed by atoms with Gasteiger partial charge in [-0.25, -0.2) is 8.42 Å². The molecule has 4 rings (SSSR count). The lowest BCUT2D eigenvalue weighted by Gasteiger charge is -2.23. The highest BCUT2D eigenvalue weighted by molar-refractivity contribution is 7.91. The molecule has 200 valence electrons. The number of benzene rings is 3. The summed E-state index contributed by atoms with van der Waals surface area (Å²) in [4.78, 5) is 12.6. The van der Waals surface area contributed by atoms with Gasteiger partial charge in [0.25, 0.3) is 5.91 Å². The molecule has 0 saturated carbocycles. The maximum absolute atomic E-state index is 12.4. The summed E-state index contributed by atoms with van der Waals surface area (Å²) in [6, 6.07) is 14.7. The average Bonchev–Trinajstić information content (AvgIpc) is 3.17. The number of carbonyl (C=O) groups excluding carboxylic acids is 1. The summed E-state index contributed by atoms with van der Waals surface area (Å²) in [5.41, 5.74) is 7.16. The summed E-state index contributed by atoms with van der Waals surface area (Å²) in [5.74, 6) is -0.609. The Balaban J connectivity index is 1.80. The third kappa shape index (κ3) is 5.74. The Kier molecular flexibility index (Phi) is 7.15. The van der Waals surface area contributed by atoms with Crippen molar-refractivity contribution in [3.05, 3.63) is 76.1 Å². The minimum Gasteiger partial charge on any atom is -0.457 e. The molecule has 4 aromatic rings. The first-order valence-electron chi connectivity index (χ1n) is 11.0. The highest BCUT2D eigenvalue weighted by Gasteiger charge is 2.33. The average molecular weight is 584 g/mol. The molecule has 3 aromatic carbocycles. The van der Waals surface area contributed by atoms with Crippen molar-refractivity contribution in [3.8, 4) is 28.4 Å². The van der Waals surface area contributed by atoms with Gasteiger partial charge < -0.3 is 15.2 Å². The maximum Gasteiger partial charge on any atom is 0.573 e. The number of halogens is 4. The number of hydrogen-bond donors (Lipinski definition) is 1. The number of thiophene rings is 1. The number of hydrogen-bond acceptors (Lipinski definition) is 6. The van der Waals surface area contributed by atoms with E-state index in [1.807, 2.05) is 0 Å². The lowest BCUT2D eigenvalue weighted by Crippen LogP contribution is -2.27. The van der Waals surface area contributed by atoms with E-state index in [0.717, 1.165) is 29.7 Å². The van der Waals surface area contributed by atoms with E-state index in [2.05, 4.69) is 4.74 Å². The van der Waals surface area contributed by atoms with Crippen LogP contribution in [0.5, 0.6) is 17.2 Å². The van der Waals surface area contributed by atoms with Gasteiger partial charge in [0.1, 0.15) is 22.1 Å². The van der Waals surface area contributed by atoms with E-state index in [0.29, 0.717) is 26.8 Å². The molecule has 2 N–H and O–H groups in total. The standard InChI is InChI=1S/C26H21ClF3NO5S2/c1-25(2,38(3,33)34)15-4-9-21-20(12-15)22(23(37-21)24(31)32)14-10-16(27)13-19(11-14)35-17-5-7-18(8-6-17)36-26(28,29)30/h4-13H,1-3H3,(H2,31,32). The van der Waals surface area contributed by atoms with Crippen molar-refractivity contribution < 1.29 is 35.9 Å². The highest BCUT2D eigenvalue weighted by atomic mass is 35.5. The third-order valence-electron chi connectivity index (χ3n) is 5.99. The largest absolute Gasteiger partial charge is 0.573 e. The van der Waals surface area contributed by atoms with Crippen LogP contribution in [0.15, 0.2) is 60.7 Å². The Labute approximate surface area is 225 Å². The molecule has 0 bridgehead atoms. The molecule has 0 fully saturated rings. The molecule has 1 heterocycles. The van der Waals surface area contributed by atoms with Gasteiger partial charge in [0, 0.05) is 26.9 Å². The lowest BCUT2D eigenvalue weighted by molar-refractivity contribution is -0.274. The van der Waals surface area contributed by atoms with Gasteiger partial charge in [0.05, 0.1) is 4.75 Å². The molecule has 12 heteroatoms. The van der Waals surface area contributed by atoms with Crippen molar-refractivity contribution in [2.75, 3.05) is 6.26 Å². The molecule has 0 atom stereocenters. The molecule has 0 aliphatic rings. The van der Waals surface area contributed by atoms with Crippen LogP contribution in [0.3, 0.4) is 0 Å². The van der Waals surface area contributed by atoms with Crippen LogP contribution in [0.4, 0.5) is 13.2 Å². The Hall–Kier alpha value is -3.28. The van der Waals surface area contributed by atoms with Crippen molar-refractivity contribution in [3.63, 3.8) is 0 Å². The normalized spacial score (nSPS) is 12.5. The molecular weight excluding hydrogens is 563 g/mol. The molecule has 0 unspecified atom stereocenters. The predicted molar refractivity (Wildman–Crippen MR) is 142 cm³/mol. The van der Waals surface area contributed by atoms with Gasteiger partial charge in [-0.1, -0.05) is 17.7 Å². The fraction of sp³-hybridized carbons (Fsp3) is 0.192. The van der Waals surface area contributed by atoms with Gasteiger partial charge >= 0.3 is 6.36 Å².